The molecule has 0 radical (unpaired) electrons. The summed E-state index contributed by atoms with van der Waals surface area (Å²) in [6, 6.07) is 16.2. The molecule has 4 rings (SSSR count). The monoisotopic (exact) mass is 362 g/mol. The van der Waals surface area contributed by atoms with Gasteiger partial charge in [0, 0.05) is 31.7 Å². The van der Waals surface area contributed by atoms with Crippen molar-refractivity contribution in [2.45, 2.75) is 19.0 Å². The topological polar surface area (TPSA) is 78.0 Å². The Morgan fingerprint density at radius 2 is 1.93 bits per heavy atom. The second-order valence-electron chi connectivity index (χ2n) is 7.01. The van der Waals surface area contributed by atoms with E-state index in [-0.39, 0.29) is 11.9 Å². The molecule has 7 nitrogen and oxygen atoms in total. The van der Waals surface area contributed by atoms with E-state index in [2.05, 4.69) is 56.8 Å². The average molecular weight is 362 g/mol. The normalized spacial score (nSPS) is 16.7. The van der Waals surface area contributed by atoms with Crippen molar-refractivity contribution in [1.29, 1.82) is 0 Å². The van der Waals surface area contributed by atoms with Crippen molar-refractivity contribution in [2.24, 2.45) is 0 Å². The standard InChI is InChI=1S/C20H22N6O/c1-25-12-15-8-4-3-7-14(15)11-16(25)13-26(2)20(27)18-10-6-5-9-17(18)19-21-23-24-22-19/h3-10,16H,11-13H2,1-2H3,(H,21,22,23,24)/t16-/m0/s1. The Hall–Kier alpha value is -3.06. The highest BCUT2D eigenvalue weighted by Gasteiger charge is 2.27. The number of benzene rings is 2. The number of fused-ring (bicyclic) bond motifs is 1. The largest absolute Gasteiger partial charge is 0.340 e. The molecular formula is C20H22N6O. The number of amides is 1. The number of aromatic nitrogens is 4. The Morgan fingerprint density at radius 3 is 2.70 bits per heavy atom. The molecule has 0 unspecified atom stereocenters. The fraction of sp³-hybridized carbons (Fsp3) is 0.300. The fourth-order valence-corrected chi connectivity index (χ4v) is 3.67. The van der Waals surface area contributed by atoms with E-state index in [1.807, 2.05) is 31.3 Å². The van der Waals surface area contributed by atoms with Gasteiger partial charge in [-0.1, -0.05) is 42.5 Å². The number of nitrogens with one attached hydrogen (secondary N) is 1. The van der Waals surface area contributed by atoms with E-state index in [4.69, 9.17) is 0 Å². The van der Waals surface area contributed by atoms with E-state index in [0.717, 1.165) is 13.0 Å². The highest BCUT2D eigenvalue weighted by Crippen LogP contribution is 2.24. The van der Waals surface area contributed by atoms with Crippen LogP contribution in [0.15, 0.2) is 48.5 Å². The molecule has 1 amide bonds. The molecule has 1 aromatic heterocycles. The van der Waals surface area contributed by atoms with Crippen LogP contribution in [-0.4, -0.2) is 63.0 Å². The first kappa shape index (κ1) is 17.4. The van der Waals surface area contributed by atoms with Crippen molar-refractivity contribution in [3.63, 3.8) is 0 Å². The van der Waals surface area contributed by atoms with Gasteiger partial charge in [-0.2, -0.15) is 5.21 Å². The predicted octanol–water partition coefficient (Wildman–Crippen LogP) is 2.00. The molecule has 0 saturated carbocycles. The molecule has 0 aliphatic carbocycles. The van der Waals surface area contributed by atoms with Crippen LogP contribution in [0, 0.1) is 0 Å². The number of aromatic amines is 1. The third-order valence-electron chi connectivity index (χ3n) is 5.19. The maximum Gasteiger partial charge on any atom is 0.254 e. The number of nitrogens with zero attached hydrogens (tertiary/aromatic N) is 5. The van der Waals surface area contributed by atoms with Crippen molar-refractivity contribution >= 4 is 5.91 Å². The Bertz CT molecular complexity index is 939. The van der Waals surface area contributed by atoms with E-state index in [1.165, 1.54) is 11.1 Å². The fourth-order valence-electron chi connectivity index (χ4n) is 3.67. The number of H-pyrrole nitrogens is 1. The molecule has 1 aliphatic heterocycles. The van der Waals surface area contributed by atoms with Gasteiger partial charge in [-0.05, 0) is 35.9 Å². The van der Waals surface area contributed by atoms with Gasteiger partial charge in [-0.25, -0.2) is 0 Å². The first-order valence-electron chi connectivity index (χ1n) is 8.99. The summed E-state index contributed by atoms with van der Waals surface area (Å²) in [5, 5.41) is 14.1. The zero-order chi connectivity index (χ0) is 18.8. The van der Waals surface area contributed by atoms with Crippen LogP contribution < -0.4 is 0 Å². The summed E-state index contributed by atoms with van der Waals surface area (Å²) in [7, 11) is 3.97. The molecule has 7 heteroatoms. The van der Waals surface area contributed by atoms with Gasteiger partial charge in [0.1, 0.15) is 0 Å². The first-order valence-corrected chi connectivity index (χ1v) is 8.99. The van der Waals surface area contributed by atoms with Crippen molar-refractivity contribution < 1.29 is 4.79 Å². The minimum atomic E-state index is -0.0392. The zero-order valence-corrected chi connectivity index (χ0v) is 15.5. The number of hydrogen-bond acceptors (Lipinski definition) is 5. The van der Waals surface area contributed by atoms with E-state index < -0.39 is 0 Å². The summed E-state index contributed by atoms with van der Waals surface area (Å²) in [6.45, 7) is 1.56. The highest BCUT2D eigenvalue weighted by atomic mass is 16.2. The summed E-state index contributed by atoms with van der Waals surface area (Å²) in [5.41, 5.74) is 4.01. The van der Waals surface area contributed by atoms with Crippen molar-refractivity contribution in [3.8, 4) is 11.4 Å². The van der Waals surface area contributed by atoms with Gasteiger partial charge in [-0.15, -0.1) is 10.2 Å². The molecule has 27 heavy (non-hydrogen) atoms. The lowest BCUT2D eigenvalue weighted by Crippen LogP contribution is -2.46. The number of likely N-dealkylation sites (N-methyl/N-ethyl adjacent to an activating group) is 2. The summed E-state index contributed by atoms with van der Waals surface area (Å²) in [6.07, 6.45) is 0.941. The number of rotatable bonds is 4. The van der Waals surface area contributed by atoms with Crippen LogP contribution in [0.2, 0.25) is 0 Å². The molecule has 0 fully saturated rings. The lowest BCUT2D eigenvalue weighted by molar-refractivity contribution is 0.0734. The minimum Gasteiger partial charge on any atom is -0.340 e. The van der Waals surface area contributed by atoms with Crippen molar-refractivity contribution in [2.75, 3.05) is 20.6 Å². The van der Waals surface area contributed by atoms with Crippen LogP contribution in [-0.2, 0) is 13.0 Å². The molecule has 1 atom stereocenters. The number of carbonyl (C=O) groups excluding carboxylic acids is 1. The second kappa shape index (κ2) is 7.28. The summed E-state index contributed by atoms with van der Waals surface area (Å²) in [4.78, 5) is 17.2. The molecule has 0 saturated heterocycles. The van der Waals surface area contributed by atoms with E-state index in [1.54, 1.807) is 4.90 Å². The second-order valence-corrected chi connectivity index (χ2v) is 7.01. The van der Waals surface area contributed by atoms with E-state index >= 15 is 0 Å². The van der Waals surface area contributed by atoms with Crippen molar-refractivity contribution in [3.05, 3.63) is 65.2 Å². The average Bonchev–Trinajstić information content (AvgIpc) is 3.22. The molecule has 138 valence electrons. The summed E-state index contributed by atoms with van der Waals surface area (Å²) < 4.78 is 0. The van der Waals surface area contributed by atoms with Gasteiger partial charge in [-0.3, -0.25) is 9.69 Å². The quantitative estimate of drug-likeness (QED) is 0.768. The molecule has 3 aromatic rings. The maximum atomic E-state index is 13.1. The first-order chi connectivity index (χ1) is 13.1. The molecule has 0 bridgehead atoms. The molecular weight excluding hydrogens is 340 g/mol. The van der Waals surface area contributed by atoms with E-state index in [9.17, 15) is 4.79 Å². The number of tetrazole rings is 1. The van der Waals surface area contributed by atoms with Crippen LogP contribution in [0.1, 0.15) is 21.5 Å². The summed E-state index contributed by atoms with van der Waals surface area (Å²) in [5.74, 6) is 0.388. The molecule has 0 spiro atoms. The highest BCUT2D eigenvalue weighted by molar-refractivity contribution is 5.99. The third kappa shape index (κ3) is 3.46. The number of carbonyl (C=O) groups is 1. The summed E-state index contributed by atoms with van der Waals surface area (Å²) >= 11 is 0. The van der Waals surface area contributed by atoms with Gasteiger partial charge in [0.25, 0.3) is 5.91 Å². The zero-order valence-electron chi connectivity index (χ0n) is 15.5. The lowest BCUT2D eigenvalue weighted by atomic mass is 9.94. The van der Waals surface area contributed by atoms with Crippen molar-refractivity contribution in [1.82, 2.24) is 30.4 Å². The van der Waals surface area contributed by atoms with Crippen LogP contribution in [0.3, 0.4) is 0 Å². The maximum absolute atomic E-state index is 13.1. The third-order valence-corrected chi connectivity index (χ3v) is 5.19. The van der Waals surface area contributed by atoms with Gasteiger partial charge in [0.15, 0.2) is 0 Å². The predicted molar refractivity (Wildman–Crippen MR) is 102 cm³/mol. The van der Waals surface area contributed by atoms with Crippen LogP contribution >= 0.6 is 0 Å². The number of hydrogen-bond donors (Lipinski definition) is 1. The van der Waals surface area contributed by atoms with Gasteiger partial charge in [0.05, 0.1) is 5.56 Å². The van der Waals surface area contributed by atoms with Crippen LogP contribution in [0.4, 0.5) is 0 Å². The lowest BCUT2D eigenvalue weighted by Gasteiger charge is -2.36. The Morgan fingerprint density at radius 1 is 1.19 bits per heavy atom. The van der Waals surface area contributed by atoms with Gasteiger partial charge in [0.2, 0.25) is 5.82 Å². The van der Waals surface area contributed by atoms with Crippen LogP contribution in [0.5, 0.6) is 0 Å². The Kier molecular flexibility index (Phi) is 4.68. The smallest absolute Gasteiger partial charge is 0.254 e. The molecule has 2 aromatic carbocycles. The van der Waals surface area contributed by atoms with Crippen LogP contribution in [0.25, 0.3) is 11.4 Å². The minimum absolute atomic E-state index is 0.0392. The van der Waals surface area contributed by atoms with Gasteiger partial charge < -0.3 is 4.90 Å². The molecule has 1 N–H and O–H groups in total. The Balaban J connectivity index is 1.53. The molecule has 1 aliphatic rings. The van der Waals surface area contributed by atoms with Gasteiger partial charge >= 0.3 is 0 Å². The SMILES string of the molecule is CN(C[C@@H]1Cc2ccccc2CN1C)C(=O)c1ccccc1-c1nn[nH]n1. The van der Waals surface area contributed by atoms with E-state index in [0.29, 0.717) is 23.5 Å². The molecule has 2 heterocycles. The Labute approximate surface area is 158 Å².